The highest BCUT2D eigenvalue weighted by Gasteiger charge is 2.28. The molecule has 0 spiro atoms. The Morgan fingerprint density at radius 3 is 2.67 bits per heavy atom. The van der Waals surface area contributed by atoms with Crippen LogP contribution < -0.4 is 11.1 Å². The molecule has 18 heavy (non-hydrogen) atoms. The maximum absolute atomic E-state index is 5.80. The minimum atomic E-state index is 0.0594. The van der Waals surface area contributed by atoms with Gasteiger partial charge in [0.2, 0.25) is 0 Å². The van der Waals surface area contributed by atoms with Crippen molar-refractivity contribution in [3.8, 4) is 0 Å². The van der Waals surface area contributed by atoms with Crippen molar-refractivity contribution in [2.24, 2.45) is 5.73 Å². The van der Waals surface area contributed by atoms with Crippen LogP contribution in [0.25, 0.3) is 0 Å². The molecule has 4 heteroatoms. The molecular weight excluding hydrogens is 244 g/mol. The number of anilines is 1. The lowest BCUT2D eigenvalue weighted by Gasteiger charge is -2.36. The zero-order valence-electron chi connectivity index (χ0n) is 11.0. The molecule has 1 aliphatic rings. The van der Waals surface area contributed by atoms with Gasteiger partial charge in [-0.2, -0.15) is 0 Å². The standard InChI is InChI=1S/C14H20N2OS/c1-10-4-3-5-11(13(15)18)12(10)16-14(2)6-8-17-9-7-14/h3-5,16H,6-9H2,1-2H3,(H2,15,18). The van der Waals surface area contributed by atoms with Crippen LogP contribution in [-0.4, -0.2) is 23.7 Å². The molecule has 2 rings (SSSR count). The van der Waals surface area contributed by atoms with Gasteiger partial charge < -0.3 is 15.8 Å². The summed E-state index contributed by atoms with van der Waals surface area (Å²) in [6.45, 7) is 5.91. The molecule has 3 nitrogen and oxygen atoms in total. The second-order valence-corrected chi connectivity index (χ2v) is 5.60. The second-order valence-electron chi connectivity index (χ2n) is 5.16. The van der Waals surface area contributed by atoms with Crippen LogP contribution in [0.3, 0.4) is 0 Å². The third-order valence-electron chi connectivity index (χ3n) is 3.56. The molecular formula is C14H20N2OS. The number of benzene rings is 1. The molecule has 1 aromatic carbocycles. The number of nitrogens with two attached hydrogens (primary N) is 1. The molecule has 1 saturated heterocycles. The summed E-state index contributed by atoms with van der Waals surface area (Å²) in [6.07, 6.45) is 2.00. The van der Waals surface area contributed by atoms with Crippen LogP contribution in [-0.2, 0) is 4.74 Å². The van der Waals surface area contributed by atoms with Gasteiger partial charge in [0.05, 0.1) is 0 Å². The fourth-order valence-electron chi connectivity index (χ4n) is 2.29. The van der Waals surface area contributed by atoms with E-state index in [-0.39, 0.29) is 5.54 Å². The molecule has 0 bridgehead atoms. The molecule has 0 aliphatic carbocycles. The highest BCUT2D eigenvalue weighted by molar-refractivity contribution is 7.80. The monoisotopic (exact) mass is 264 g/mol. The lowest BCUT2D eigenvalue weighted by atomic mass is 9.91. The first kappa shape index (κ1) is 13.3. The van der Waals surface area contributed by atoms with E-state index in [9.17, 15) is 0 Å². The average molecular weight is 264 g/mol. The summed E-state index contributed by atoms with van der Waals surface area (Å²) < 4.78 is 5.42. The van der Waals surface area contributed by atoms with Gasteiger partial charge in [0.1, 0.15) is 4.99 Å². The van der Waals surface area contributed by atoms with E-state index in [0.29, 0.717) is 4.99 Å². The minimum Gasteiger partial charge on any atom is -0.389 e. The van der Waals surface area contributed by atoms with Crippen LogP contribution in [0.5, 0.6) is 0 Å². The summed E-state index contributed by atoms with van der Waals surface area (Å²) in [5, 5.41) is 3.63. The van der Waals surface area contributed by atoms with Gasteiger partial charge in [-0.1, -0.05) is 24.4 Å². The Morgan fingerprint density at radius 2 is 2.06 bits per heavy atom. The fraction of sp³-hybridized carbons (Fsp3) is 0.500. The molecule has 1 aliphatic heterocycles. The number of aryl methyl sites for hydroxylation is 1. The second kappa shape index (κ2) is 5.24. The van der Waals surface area contributed by atoms with Crippen molar-refractivity contribution >= 4 is 22.9 Å². The van der Waals surface area contributed by atoms with Crippen molar-refractivity contribution in [2.45, 2.75) is 32.2 Å². The molecule has 1 fully saturated rings. The Balaban J connectivity index is 2.30. The number of para-hydroxylation sites is 1. The van der Waals surface area contributed by atoms with E-state index >= 15 is 0 Å². The Hall–Kier alpha value is -1.13. The minimum absolute atomic E-state index is 0.0594. The van der Waals surface area contributed by atoms with E-state index in [1.165, 1.54) is 5.56 Å². The largest absolute Gasteiger partial charge is 0.389 e. The Morgan fingerprint density at radius 1 is 1.39 bits per heavy atom. The average Bonchev–Trinajstić information content (AvgIpc) is 2.32. The predicted octanol–water partition coefficient (Wildman–Crippen LogP) is 2.61. The molecule has 0 saturated carbocycles. The van der Waals surface area contributed by atoms with E-state index in [1.807, 2.05) is 12.1 Å². The molecule has 0 amide bonds. The van der Waals surface area contributed by atoms with Gasteiger partial charge in [-0.3, -0.25) is 0 Å². The lowest BCUT2D eigenvalue weighted by Crippen LogP contribution is -2.41. The van der Waals surface area contributed by atoms with E-state index in [0.717, 1.165) is 37.3 Å². The molecule has 3 N–H and O–H groups in total. The van der Waals surface area contributed by atoms with Gasteiger partial charge in [-0.05, 0) is 38.3 Å². The topological polar surface area (TPSA) is 47.3 Å². The van der Waals surface area contributed by atoms with Crippen molar-refractivity contribution < 1.29 is 4.74 Å². The van der Waals surface area contributed by atoms with Crippen LogP contribution in [0.1, 0.15) is 30.9 Å². The molecule has 0 unspecified atom stereocenters. The van der Waals surface area contributed by atoms with Gasteiger partial charge in [0.15, 0.2) is 0 Å². The van der Waals surface area contributed by atoms with Crippen molar-refractivity contribution in [3.05, 3.63) is 29.3 Å². The maximum Gasteiger partial charge on any atom is 0.106 e. The molecule has 0 atom stereocenters. The number of hydrogen-bond acceptors (Lipinski definition) is 3. The third-order valence-corrected chi connectivity index (χ3v) is 3.78. The first-order valence-electron chi connectivity index (χ1n) is 6.27. The van der Waals surface area contributed by atoms with Gasteiger partial charge in [0, 0.05) is 30.0 Å². The number of nitrogens with one attached hydrogen (secondary N) is 1. The van der Waals surface area contributed by atoms with Crippen LogP contribution in [0.15, 0.2) is 18.2 Å². The summed E-state index contributed by atoms with van der Waals surface area (Å²) in [5.41, 5.74) is 9.02. The number of hydrogen-bond donors (Lipinski definition) is 2. The van der Waals surface area contributed by atoms with E-state index in [1.54, 1.807) is 0 Å². The molecule has 1 aromatic rings. The van der Waals surface area contributed by atoms with Crippen molar-refractivity contribution in [3.63, 3.8) is 0 Å². The molecule has 1 heterocycles. The SMILES string of the molecule is Cc1cccc(C(N)=S)c1NC1(C)CCOCC1. The van der Waals surface area contributed by atoms with Crippen molar-refractivity contribution in [1.29, 1.82) is 0 Å². The lowest BCUT2D eigenvalue weighted by molar-refractivity contribution is 0.0658. The normalized spacial score (nSPS) is 18.3. The van der Waals surface area contributed by atoms with Crippen molar-refractivity contribution in [2.75, 3.05) is 18.5 Å². The van der Waals surface area contributed by atoms with E-state index in [2.05, 4.69) is 25.2 Å². The Kier molecular flexibility index (Phi) is 3.88. The van der Waals surface area contributed by atoms with Crippen molar-refractivity contribution in [1.82, 2.24) is 0 Å². The third kappa shape index (κ3) is 2.82. The smallest absolute Gasteiger partial charge is 0.106 e. The quantitative estimate of drug-likeness (QED) is 0.824. The van der Waals surface area contributed by atoms with E-state index < -0.39 is 0 Å². The fourth-order valence-corrected chi connectivity index (χ4v) is 2.46. The first-order chi connectivity index (χ1) is 8.52. The van der Waals surface area contributed by atoms with Gasteiger partial charge >= 0.3 is 0 Å². The molecule has 0 radical (unpaired) electrons. The molecule has 0 aromatic heterocycles. The highest BCUT2D eigenvalue weighted by Crippen LogP contribution is 2.29. The summed E-state index contributed by atoms with van der Waals surface area (Å²) in [6, 6.07) is 6.04. The number of thiocarbonyl (C=S) groups is 1. The number of ether oxygens (including phenoxy) is 1. The van der Waals surface area contributed by atoms with E-state index in [4.69, 9.17) is 22.7 Å². The van der Waals surface area contributed by atoms with Crippen LogP contribution in [0, 0.1) is 6.92 Å². The van der Waals surface area contributed by atoms with Gasteiger partial charge in [-0.15, -0.1) is 0 Å². The van der Waals surface area contributed by atoms with Crippen LogP contribution in [0.4, 0.5) is 5.69 Å². The summed E-state index contributed by atoms with van der Waals surface area (Å²) in [7, 11) is 0. The van der Waals surface area contributed by atoms with Gasteiger partial charge in [-0.25, -0.2) is 0 Å². The maximum atomic E-state index is 5.80. The summed E-state index contributed by atoms with van der Waals surface area (Å²) in [4.78, 5) is 0.442. The van der Waals surface area contributed by atoms with Crippen LogP contribution >= 0.6 is 12.2 Å². The Labute approximate surface area is 114 Å². The highest BCUT2D eigenvalue weighted by atomic mass is 32.1. The zero-order valence-corrected chi connectivity index (χ0v) is 11.8. The Bertz CT molecular complexity index is 453. The molecule has 98 valence electrons. The van der Waals surface area contributed by atoms with Gasteiger partial charge in [0.25, 0.3) is 0 Å². The number of rotatable bonds is 3. The summed E-state index contributed by atoms with van der Waals surface area (Å²) in [5.74, 6) is 0. The van der Waals surface area contributed by atoms with Crippen LogP contribution in [0.2, 0.25) is 0 Å². The predicted molar refractivity (Wildman–Crippen MR) is 79.1 cm³/mol. The first-order valence-corrected chi connectivity index (χ1v) is 6.68. The zero-order chi connectivity index (χ0) is 13.2. The summed E-state index contributed by atoms with van der Waals surface area (Å²) >= 11 is 5.13.